The Labute approximate surface area is 178 Å². The van der Waals surface area contributed by atoms with Crippen molar-refractivity contribution in [1.29, 1.82) is 0 Å². The Morgan fingerprint density at radius 3 is 2.37 bits per heavy atom. The van der Waals surface area contributed by atoms with Crippen LogP contribution in [0.3, 0.4) is 0 Å². The highest BCUT2D eigenvalue weighted by molar-refractivity contribution is 5.65. The van der Waals surface area contributed by atoms with Gasteiger partial charge in [-0.15, -0.1) is 0 Å². The highest BCUT2D eigenvalue weighted by atomic mass is 19.2. The van der Waals surface area contributed by atoms with Gasteiger partial charge in [0.05, 0.1) is 12.7 Å². The van der Waals surface area contributed by atoms with E-state index in [0.717, 1.165) is 19.3 Å². The van der Waals surface area contributed by atoms with Crippen LogP contribution in [0.25, 0.3) is 11.1 Å². The van der Waals surface area contributed by atoms with Gasteiger partial charge < -0.3 is 4.74 Å². The van der Waals surface area contributed by atoms with Gasteiger partial charge in [0.25, 0.3) is 0 Å². The lowest BCUT2D eigenvalue weighted by molar-refractivity contribution is -0.00283. The molecule has 2 aromatic carbocycles. The highest BCUT2D eigenvalue weighted by Gasteiger charge is 2.27. The average molecular weight is 419 g/mol. The molecule has 0 radical (unpaired) electrons. The smallest absolute Gasteiger partial charge is 0.166 e. The van der Waals surface area contributed by atoms with Gasteiger partial charge in [0.1, 0.15) is 5.82 Å². The minimum atomic E-state index is -0.908. The second kappa shape index (κ2) is 11.0. The molecule has 2 unspecified atom stereocenters. The number of ether oxygens (including phenoxy) is 1. The van der Waals surface area contributed by atoms with Crippen LogP contribution in [-0.2, 0) is 11.2 Å². The number of hydrogen-bond acceptors (Lipinski definition) is 1. The molecule has 0 aliphatic carbocycles. The standard InChI is InChI=1S/C26H33F3O/c1-3-5-6-7-8-9-21-13-12-20(17-30-21)23-15-14-22(25(28)26(23)29)19-11-10-18(4-2)24(27)16-19/h10-11,14-16,20-21H,3-9,12-13,17H2,1-2H3. The lowest BCUT2D eigenvalue weighted by Crippen LogP contribution is -2.25. The summed E-state index contributed by atoms with van der Waals surface area (Å²) in [5.74, 6) is -2.27. The number of benzene rings is 2. The molecule has 0 saturated carbocycles. The normalized spacial score (nSPS) is 19.2. The van der Waals surface area contributed by atoms with Gasteiger partial charge >= 0.3 is 0 Å². The number of rotatable bonds is 9. The van der Waals surface area contributed by atoms with Crippen molar-refractivity contribution in [1.82, 2.24) is 0 Å². The molecule has 2 aromatic rings. The van der Waals surface area contributed by atoms with E-state index < -0.39 is 11.6 Å². The summed E-state index contributed by atoms with van der Waals surface area (Å²) < 4.78 is 49.8. The van der Waals surface area contributed by atoms with Crippen LogP contribution in [0.5, 0.6) is 0 Å². The minimum absolute atomic E-state index is 0.0967. The van der Waals surface area contributed by atoms with E-state index >= 15 is 0 Å². The first-order valence-electron chi connectivity index (χ1n) is 11.4. The first-order valence-corrected chi connectivity index (χ1v) is 11.4. The van der Waals surface area contributed by atoms with Gasteiger partial charge in [-0.25, -0.2) is 13.2 Å². The Bertz CT molecular complexity index is 825. The summed E-state index contributed by atoms with van der Waals surface area (Å²) in [5.41, 5.74) is 1.38. The van der Waals surface area contributed by atoms with Gasteiger partial charge in [0.15, 0.2) is 11.6 Å². The lowest BCUT2D eigenvalue weighted by atomic mass is 9.88. The molecule has 1 heterocycles. The largest absolute Gasteiger partial charge is 0.378 e. The molecule has 30 heavy (non-hydrogen) atoms. The van der Waals surface area contributed by atoms with Crippen LogP contribution in [0.15, 0.2) is 30.3 Å². The van der Waals surface area contributed by atoms with E-state index in [1.807, 2.05) is 6.92 Å². The first-order chi connectivity index (χ1) is 14.5. The molecule has 1 aliphatic rings. The van der Waals surface area contributed by atoms with E-state index in [4.69, 9.17) is 4.74 Å². The highest BCUT2D eigenvalue weighted by Crippen LogP contribution is 2.35. The van der Waals surface area contributed by atoms with Crippen molar-refractivity contribution in [3.05, 3.63) is 58.9 Å². The Morgan fingerprint density at radius 1 is 0.900 bits per heavy atom. The van der Waals surface area contributed by atoms with Crippen molar-refractivity contribution in [2.45, 2.75) is 83.7 Å². The molecule has 3 rings (SSSR count). The van der Waals surface area contributed by atoms with Gasteiger partial charge in [0, 0.05) is 11.5 Å². The quantitative estimate of drug-likeness (QED) is 0.375. The van der Waals surface area contributed by atoms with Crippen molar-refractivity contribution in [3.8, 4) is 11.1 Å². The number of hydrogen-bond donors (Lipinski definition) is 0. The second-order valence-corrected chi connectivity index (χ2v) is 8.42. The van der Waals surface area contributed by atoms with Crippen LogP contribution in [0, 0.1) is 17.5 Å². The fourth-order valence-corrected chi connectivity index (χ4v) is 4.36. The summed E-state index contributed by atoms with van der Waals surface area (Å²) in [5, 5.41) is 0. The maximum absolute atomic E-state index is 14.9. The third kappa shape index (κ3) is 5.46. The van der Waals surface area contributed by atoms with E-state index in [9.17, 15) is 13.2 Å². The van der Waals surface area contributed by atoms with E-state index in [1.54, 1.807) is 24.3 Å². The maximum atomic E-state index is 14.9. The number of unbranched alkanes of at least 4 members (excludes halogenated alkanes) is 4. The van der Waals surface area contributed by atoms with Crippen LogP contribution >= 0.6 is 0 Å². The summed E-state index contributed by atoms with van der Waals surface area (Å²) in [7, 11) is 0. The van der Waals surface area contributed by atoms with Crippen molar-refractivity contribution in [2.75, 3.05) is 6.61 Å². The second-order valence-electron chi connectivity index (χ2n) is 8.42. The molecular formula is C26H33F3O. The Kier molecular flexibility index (Phi) is 8.38. The fraction of sp³-hybridized carbons (Fsp3) is 0.538. The summed E-state index contributed by atoms with van der Waals surface area (Å²) in [6.45, 7) is 4.49. The first kappa shape index (κ1) is 22.9. The lowest BCUT2D eigenvalue weighted by Gasteiger charge is -2.30. The molecular weight excluding hydrogens is 385 g/mol. The van der Waals surface area contributed by atoms with Crippen molar-refractivity contribution < 1.29 is 17.9 Å². The van der Waals surface area contributed by atoms with Crippen LogP contribution in [0.4, 0.5) is 13.2 Å². The zero-order chi connectivity index (χ0) is 21.5. The maximum Gasteiger partial charge on any atom is 0.166 e. The van der Waals surface area contributed by atoms with Gasteiger partial charge in [0.2, 0.25) is 0 Å². The summed E-state index contributed by atoms with van der Waals surface area (Å²) in [6.07, 6.45) is 9.71. The molecule has 1 nitrogen and oxygen atoms in total. The van der Waals surface area contributed by atoms with Crippen LogP contribution in [-0.4, -0.2) is 12.7 Å². The molecule has 1 aliphatic heterocycles. The summed E-state index contributed by atoms with van der Waals surface area (Å²) in [6, 6.07) is 7.76. The molecule has 2 atom stereocenters. The van der Waals surface area contributed by atoms with E-state index in [0.29, 0.717) is 29.7 Å². The molecule has 4 heteroatoms. The molecule has 0 aromatic heterocycles. The minimum Gasteiger partial charge on any atom is -0.378 e. The van der Waals surface area contributed by atoms with Crippen LogP contribution in [0.1, 0.15) is 82.3 Å². The molecule has 1 saturated heterocycles. The molecule has 1 fully saturated rings. The average Bonchev–Trinajstić information content (AvgIpc) is 2.76. The van der Waals surface area contributed by atoms with Gasteiger partial charge in [-0.2, -0.15) is 0 Å². The summed E-state index contributed by atoms with van der Waals surface area (Å²) in [4.78, 5) is 0. The molecule has 0 N–H and O–H groups in total. The fourth-order valence-electron chi connectivity index (χ4n) is 4.36. The van der Waals surface area contributed by atoms with Crippen LogP contribution in [0.2, 0.25) is 0 Å². The predicted octanol–water partition coefficient (Wildman–Crippen LogP) is 7.96. The topological polar surface area (TPSA) is 9.23 Å². The van der Waals surface area contributed by atoms with Gasteiger partial charge in [-0.1, -0.05) is 70.2 Å². The molecule has 164 valence electrons. The zero-order valence-electron chi connectivity index (χ0n) is 18.2. The van der Waals surface area contributed by atoms with E-state index in [-0.39, 0.29) is 23.4 Å². The zero-order valence-corrected chi connectivity index (χ0v) is 18.2. The number of aryl methyl sites for hydroxylation is 1. The Hall–Kier alpha value is -1.81. The van der Waals surface area contributed by atoms with Gasteiger partial charge in [-0.05, 0) is 48.4 Å². The Balaban J connectivity index is 1.63. The Morgan fingerprint density at radius 2 is 1.70 bits per heavy atom. The SMILES string of the molecule is CCCCCCCC1CCC(c2ccc(-c3ccc(CC)c(F)c3)c(F)c2F)CO1. The number of halogens is 3. The monoisotopic (exact) mass is 418 g/mol. The van der Waals surface area contributed by atoms with Crippen LogP contribution < -0.4 is 0 Å². The van der Waals surface area contributed by atoms with Crippen molar-refractivity contribution >= 4 is 0 Å². The van der Waals surface area contributed by atoms with E-state index in [1.165, 1.54) is 38.2 Å². The third-order valence-electron chi connectivity index (χ3n) is 6.30. The molecule has 0 spiro atoms. The molecule has 0 amide bonds. The predicted molar refractivity (Wildman–Crippen MR) is 116 cm³/mol. The van der Waals surface area contributed by atoms with Crippen molar-refractivity contribution in [3.63, 3.8) is 0 Å². The van der Waals surface area contributed by atoms with E-state index in [2.05, 4.69) is 6.92 Å². The molecule has 0 bridgehead atoms. The third-order valence-corrected chi connectivity index (χ3v) is 6.30. The summed E-state index contributed by atoms with van der Waals surface area (Å²) >= 11 is 0. The van der Waals surface area contributed by atoms with Crippen molar-refractivity contribution in [2.24, 2.45) is 0 Å². The van der Waals surface area contributed by atoms with Gasteiger partial charge in [-0.3, -0.25) is 0 Å².